The van der Waals surface area contributed by atoms with Crippen LogP contribution in [0, 0.1) is 5.92 Å². The summed E-state index contributed by atoms with van der Waals surface area (Å²) in [5, 5.41) is 0. The molecule has 0 aliphatic carbocycles. The largest absolute Gasteiger partial charge is 0.472 e. The van der Waals surface area contributed by atoms with E-state index in [1.807, 2.05) is 0 Å². The van der Waals surface area contributed by atoms with E-state index in [-0.39, 0.29) is 11.9 Å². The first-order valence-corrected chi connectivity index (χ1v) is 5.55. The van der Waals surface area contributed by atoms with Gasteiger partial charge in [-0.05, 0) is 18.4 Å². The second-order valence-electron chi connectivity index (χ2n) is 4.44. The summed E-state index contributed by atoms with van der Waals surface area (Å²) in [7, 11) is 1.78. The first-order chi connectivity index (χ1) is 7.52. The molecule has 0 aliphatic rings. The number of furan rings is 1. The summed E-state index contributed by atoms with van der Waals surface area (Å²) in [6.07, 6.45) is 3.78. The summed E-state index contributed by atoms with van der Waals surface area (Å²) in [5.74, 6) is 0.419. The van der Waals surface area contributed by atoms with Crippen molar-refractivity contribution in [1.29, 1.82) is 0 Å². The van der Waals surface area contributed by atoms with E-state index >= 15 is 0 Å². The number of nitrogens with two attached hydrogens (primary N) is 1. The van der Waals surface area contributed by atoms with Crippen LogP contribution < -0.4 is 5.73 Å². The lowest BCUT2D eigenvalue weighted by Crippen LogP contribution is -2.34. The molecule has 0 aliphatic heterocycles. The van der Waals surface area contributed by atoms with E-state index in [4.69, 9.17) is 10.2 Å². The maximum absolute atomic E-state index is 11.8. The van der Waals surface area contributed by atoms with Crippen molar-refractivity contribution in [2.45, 2.75) is 26.3 Å². The summed E-state index contributed by atoms with van der Waals surface area (Å²) in [6.45, 7) is 4.84. The number of carbonyl (C=O) groups is 1. The fourth-order valence-electron chi connectivity index (χ4n) is 1.38. The molecular weight excluding hydrogens is 204 g/mol. The molecule has 1 unspecified atom stereocenters. The first kappa shape index (κ1) is 12.8. The summed E-state index contributed by atoms with van der Waals surface area (Å²) in [5.41, 5.74) is 6.51. The second-order valence-corrected chi connectivity index (χ2v) is 4.44. The van der Waals surface area contributed by atoms with Crippen LogP contribution in [-0.2, 0) is 0 Å². The van der Waals surface area contributed by atoms with E-state index in [9.17, 15) is 4.79 Å². The minimum absolute atomic E-state index is 0.0234. The molecule has 1 atom stereocenters. The van der Waals surface area contributed by atoms with Crippen LogP contribution in [0.4, 0.5) is 0 Å². The molecule has 0 fully saturated rings. The normalized spacial score (nSPS) is 12.8. The third-order valence-electron chi connectivity index (χ3n) is 2.77. The predicted molar refractivity (Wildman–Crippen MR) is 63.1 cm³/mol. The van der Waals surface area contributed by atoms with E-state index in [0.29, 0.717) is 18.0 Å². The molecule has 1 heterocycles. The predicted octanol–water partition coefficient (Wildman–Crippen LogP) is 1.72. The Morgan fingerprint density at radius 2 is 2.25 bits per heavy atom. The van der Waals surface area contributed by atoms with Gasteiger partial charge >= 0.3 is 0 Å². The Morgan fingerprint density at radius 1 is 1.56 bits per heavy atom. The van der Waals surface area contributed by atoms with Gasteiger partial charge in [-0.15, -0.1) is 0 Å². The fraction of sp³-hybridized carbons (Fsp3) is 0.583. The number of amides is 1. The fourth-order valence-corrected chi connectivity index (χ4v) is 1.38. The number of rotatable bonds is 5. The number of hydrogen-bond donors (Lipinski definition) is 1. The van der Waals surface area contributed by atoms with Gasteiger partial charge in [-0.3, -0.25) is 4.79 Å². The molecule has 1 rings (SSSR count). The van der Waals surface area contributed by atoms with Crippen molar-refractivity contribution in [1.82, 2.24) is 4.90 Å². The maximum Gasteiger partial charge on any atom is 0.256 e. The Hall–Kier alpha value is -1.29. The van der Waals surface area contributed by atoms with Crippen LogP contribution in [0.3, 0.4) is 0 Å². The molecule has 1 aromatic rings. The van der Waals surface area contributed by atoms with Gasteiger partial charge in [0.25, 0.3) is 5.91 Å². The summed E-state index contributed by atoms with van der Waals surface area (Å²) in [4.78, 5) is 13.5. The van der Waals surface area contributed by atoms with Gasteiger partial charge in [0.05, 0.1) is 11.8 Å². The number of carbonyl (C=O) groups excluding carboxylic acids is 1. The van der Waals surface area contributed by atoms with E-state index in [2.05, 4.69) is 13.8 Å². The van der Waals surface area contributed by atoms with Gasteiger partial charge in [-0.25, -0.2) is 0 Å². The van der Waals surface area contributed by atoms with Crippen LogP contribution in [0.5, 0.6) is 0 Å². The zero-order chi connectivity index (χ0) is 12.1. The molecule has 2 N–H and O–H groups in total. The van der Waals surface area contributed by atoms with Gasteiger partial charge in [0, 0.05) is 19.6 Å². The highest BCUT2D eigenvalue weighted by Crippen LogP contribution is 2.07. The zero-order valence-electron chi connectivity index (χ0n) is 10.1. The Balaban J connectivity index is 2.41. The molecule has 4 nitrogen and oxygen atoms in total. The summed E-state index contributed by atoms with van der Waals surface area (Å²) >= 11 is 0. The second kappa shape index (κ2) is 5.70. The topological polar surface area (TPSA) is 59.5 Å². The molecule has 0 aromatic carbocycles. The van der Waals surface area contributed by atoms with Crippen molar-refractivity contribution in [3.8, 4) is 0 Å². The Labute approximate surface area is 96.4 Å². The van der Waals surface area contributed by atoms with Crippen molar-refractivity contribution in [3.63, 3.8) is 0 Å². The standard InChI is InChI=1S/C12H20N2O2/c1-9(2)11(13)4-6-14(3)12(15)10-5-7-16-8-10/h5,7-9,11H,4,6,13H2,1-3H3. The number of hydrogen-bond acceptors (Lipinski definition) is 3. The highest BCUT2D eigenvalue weighted by molar-refractivity contribution is 5.93. The number of nitrogens with zero attached hydrogens (tertiary/aromatic N) is 1. The molecule has 4 heteroatoms. The third kappa shape index (κ3) is 3.38. The molecular formula is C12H20N2O2. The van der Waals surface area contributed by atoms with Gasteiger partial charge in [0.1, 0.15) is 6.26 Å². The Bertz CT molecular complexity index is 320. The highest BCUT2D eigenvalue weighted by Gasteiger charge is 2.14. The molecule has 1 aromatic heterocycles. The van der Waals surface area contributed by atoms with Crippen LogP contribution in [0.15, 0.2) is 23.0 Å². The Morgan fingerprint density at radius 3 is 2.75 bits per heavy atom. The quantitative estimate of drug-likeness (QED) is 0.828. The third-order valence-corrected chi connectivity index (χ3v) is 2.77. The van der Waals surface area contributed by atoms with E-state index in [1.165, 1.54) is 12.5 Å². The summed E-state index contributed by atoms with van der Waals surface area (Å²) < 4.78 is 4.88. The SMILES string of the molecule is CC(C)C(N)CCN(C)C(=O)c1ccoc1. The molecule has 0 saturated carbocycles. The molecule has 16 heavy (non-hydrogen) atoms. The van der Waals surface area contributed by atoms with Gasteiger partial charge in [-0.2, -0.15) is 0 Å². The van der Waals surface area contributed by atoms with Crippen molar-refractivity contribution in [2.24, 2.45) is 11.7 Å². The lowest BCUT2D eigenvalue weighted by atomic mass is 10.0. The molecule has 1 amide bonds. The molecule has 90 valence electrons. The first-order valence-electron chi connectivity index (χ1n) is 5.55. The average molecular weight is 224 g/mol. The Kier molecular flexibility index (Phi) is 4.55. The minimum Gasteiger partial charge on any atom is -0.472 e. The van der Waals surface area contributed by atoms with Crippen LogP contribution in [0.25, 0.3) is 0 Å². The zero-order valence-corrected chi connectivity index (χ0v) is 10.1. The molecule has 0 spiro atoms. The van der Waals surface area contributed by atoms with Gasteiger partial charge in [-0.1, -0.05) is 13.8 Å². The highest BCUT2D eigenvalue weighted by atomic mass is 16.3. The van der Waals surface area contributed by atoms with Gasteiger partial charge in [0.2, 0.25) is 0 Å². The van der Waals surface area contributed by atoms with Crippen molar-refractivity contribution >= 4 is 5.91 Å². The molecule has 0 radical (unpaired) electrons. The van der Waals surface area contributed by atoms with Crippen LogP contribution in [0.1, 0.15) is 30.6 Å². The van der Waals surface area contributed by atoms with Gasteiger partial charge in [0.15, 0.2) is 0 Å². The van der Waals surface area contributed by atoms with Crippen molar-refractivity contribution < 1.29 is 9.21 Å². The van der Waals surface area contributed by atoms with Crippen LogP contribution in [0.2, 0.25) is 0 Å². The van der Waals surface area contributed by atoms with Crippen LogP contribution >= 0.6 is 0 Å². The maximum atomic E-state index is 11.8. The average Bonchev–Trinajstić information content (AvgIpc) is 2.77. The molecule has 0 saturated heterocycles. The van der Waals surface area contributed by atoms with Gasteiger partial charge < -0.3 is 15.1 Å². The smallest absolute Gasteiger partial charge is 0.256 e. The van der Waals surface area contributed by atoms with E-state index in [0.717, 1.165) is 6.42 Å². The monoisotopic (exact) mass is 224 g/mol. The summed E-state index contributed by atoms with van der Waals surface area (Å²) in [6, 6.07) is 1.81. The van der Waals surface area contributed by atoms with Crippen LogP contribution in [-0.4, -0.2) is 30.4 Å². The van der Waals surface area contributed by atoms with E-state index in [1.54, 1.807) is 18.0 Å². The lowest BCUT2D eigenvalue weighted by Gasteiger charge is -2.21. The molecule has 0 bridgehead atoms. The van der Waals surface area contributed by atoms with E-state index < -0.39 is 0 Å². The van der Waals surface area contributed by atoms with Crippen molar-refractivity contribution in [2.75, 3.05) is 13.6 Å². The van der Waals surface area contributed by atoms with Crippen molar-refractivity contribution in [3.05, 3.63) is 24.2 Å². The lowest BCUT2D eigenvalue weighted by molar-refractivity contribution is 0.0788. The minimum atomic E-state index is -0.0234.